The van der Waals surface area contributed by atoms with Gasteiger partial charge in [-0.05, 0) is 18.2 Å². The summed E-state index contributed by atoms with van der Waals surface area (Å²) in [5.41, 5.74) is 0.183. The Morgan fingerprint density at radius 1 is 1.50 bits per heavy atom. The Balaban J connectivity index is 3.19. The molecule has 0 aliphatic heterocycles. The van der Waals surface area contributed by atoms with Gasteiger partial charge in [0, 0.05) is 5.56 Å². The topological polar surface area (TPSA) is 17.1 Å². The zero-order valence-corrected chi connectivity index (χ0v) is 5.65. The van der Waals surface area contributed by atoms with E-state index in [1.165, 1.54) is 6.07 Å². The summed E-state index contributed by atoms with van der Waals surface area (Å²) < 4.78 is 12.3. The van der Waals surface area contributed by atoms with Crippen LogP contribution < -0.4 is 0 Å². The largest absolute Gasteiger partial charge is 0.285 e. The normalized spacial score (nSPS) is 9.40. The second-order valence-corrected chi connectivity index (χ2v) is 2.13. The number of benzene rings is 1. The fourth-order valence-electron chi connectivity index (χ4n) is 0.572. The van der Waals surface area contributed by atoms with E-state index in [4.69, 9.17) is 11.6 Å². The molecule has 0 heterocycles. The van der Waals surface area contributed by atoms with E-state index in [0.29, 0.717) is 0 Å². The molecule has 0 unspecified atom stereocenters. The molecule has 1 radical (unpaired) electrons. The maximum atomic E-state index is 12.3. The quantitative estimate of drug-likeness (QED) is 0.609. The van der Waals surface area contributed by atoms with Crippen LogP contribution >= 0.6 is 11.6 Å². The molecule has 0 fully saturated rings. The summed E-state index contributed by atoms with van der Waals surface area (Å²) in [5.74, 6) is -0.455. The summed E-state index contributed by atoms with van der Waals surface area (Å²) in [6, 6.07) is 3.51. The predicted octanol–water partition coefficient (Wildman–Crippen LogP) is 1.94. The minimum Gasteiger partial charge on any atom is -0.285 e. The molecule has 0 saturated heterocycles. The fourth-order valence-corrected chi connectivity index (χ4v) is 0.778. The molecule has 51 valence electrons. The zero-order chi connectivity index (χ0) is 7.56. The molecule has 0 bridgehead atoms. The first-order valence-corrected chi connectivity index (χ1v) is 2.95. The Kier molecular flexibility index (Phi) is 2.02. The first-order chi connectivity index (χ1) is 4.74. The third-order valence-corrected chi connectivity index (χ3v) is 1.35. The van der Waals surface area contributed by atoms with Crippen molar-refractivity contribution in [3.05, 3.63) is 34.6 Å². The van der Waals surface area contributed by atoms with Gasteiger partial charge in [-0.2, -0.15) is 0 Å². The van der Waals surface area contributed by atoms with Crippen molar-refractivity contribution in [1.82, 2.24) is 0 Å². The molecule has 1 rings (SSSR count). The molecule has 0 N–H and O–H groups in total. The lowest BCUT2D eigenvalue weighted by Crippen LogP contribution is -1.82. The van der Waals surface area contributed by atoms with E-state index < -0.39 is 5.82 Å². The molecule has 0 atom stereocenters. The number of rotatable bonds is 1. The van der Waals surface area contributed by atoms with Gasteiger partial charge in [-0.15, -0.1) is 0 Å². The van der Waals surface area contributed by atoms with E-state index in [2.05, 4.69) is 0 Å². The number of hydrogen-bond donors (Lipinski definition) is 0. The zero-order valence-electron chi connectivity index (χ0n) is 4.90. The van der Waals surface area contributed by atoms with Crippen molar-refractivity contribution in [1.29, 1.82) is 0 Å². The Morgan fingerprint density at radius 3 is 2.70 bits per heavy atom. The highest BCUT2D eigenvalue weighted by Crippen LogP contribution is 2.14. The molecule has 0 aliphatic rings. The molecule has 0 aliphatic carbocycles. The molecule has 0 aromatic heterocycles. The summed E-state index contributed by atoms with van der Waals surface area (Å²) in [5, 5.41) is 0.0926. The predicted molar refractivity (Wildman–Crippen MR) is 36.2 cm³/mol. The molecule has 3 heteroatoms. The average Bonchev–Trinajstić information content (AvgIpc) is 1.88. The molecule has 1 aromatic rings. The minimum atomic E-state index is -0.455. The molecular formula is C7H3ClFO. The van der Waals surface area contributed by atoms with Crippen LogP contribution in [-0.2, 0) is 4.79 Å². The smallest absolute Gasteiger partial charge is 0.235 e. The minimum absolute atomic E-state index is 0.0926. The summed E-state index contributed by atoms with van der Waals surface area (Å²) in [7, 11) is 0. The van der Waals surface area contributed by atoms with Crippen LogP contribution in [0.3, 0.4) is 0 Å². The van der Waals surface area contributed by atoms with E-state index >= 15 is 0 Å². The number of hydrogen-bond acceptors (Lipinski definition) is 1. The van der Waals surface area contributed by atoms with Gasteiger partial charge in [-0.1, -0.05) is 11.6 Å². The van der Waals surface area contributed by atoms with Gasteiger partial charge in [-0.3, -0.25) is 4.79 Å². The third kappa shape index (κ3) is 1.33. The fraction of sp³-hybridized carbons (Fsp3) is 0. The standard InChI is InChI=1S/C7H3ClFO/c8-7-3-6(9)2-1-5(7)4-10/h1-3H. The van der Waals surface area contributed by atoms with Gasteiger partial charge in [0.2, 0.25) is 6.29 Å². The maximum Gasteiger partial charge on any atom is 0.235 e. The van der Waals surface area contributed by atoms with Gasteiger partial charge in [-0.25, -0.2) is 4.39 Å². The highest BCUT2D eigenvalue weighted by Gasteiger charge is 1.99. The monoisotopic (exact) mass is 157 g/mol. The van der Waals surface area contributed by atoms with Crippen LogP contribution in [0.15, 0.2) is 18.2 Å². The van der Waals surface area contributed by atoms with Crippen LogP contribution in [0.4, 0.5) is 4.39 Å². The van der Waals surface area contributed by atoms with Crippen molar-refractivity contribution in [3.63, 3.8) is 0 Å². The van der Waals surface area contributed by atoms with E-state index in [-0.39, 0.29) is 10.6 Å². The molecule has 1 aromatic carbocycles. The van der Waals surface area contributed by atoms with Crippen molar-refractivity contribution >= 4 is 17.9 Å². The van der Waals surface area contributed by atoms with Crippen LogP contribution in [0.2, 0.25) is 5.02 Å². The summed E-state index contributed by atoms with van der Waals surface area (Å²) in [4.78, 5) is 10.0. The molecule has 0 amide bonds. The van der Waals surface area contributed by atoms with E-state index in [1.54, 1.807) is 6.29 Å². The third-order valence-electron chi connectivity index (χ3n) is 1.04. The van der Waals surface area contributed by atoms with Crippen LogP contribution in [0, 0.1) is 5.82 Å². The lowest BCUT2D eigenvalue weighted by Gasteiger charge is -1.92. The van der Waals surface area contributed by atoms with Crippen molar-refractivity contribution in [2.24, 2.45) is 0 Å². The Labute approximate surface area is 62.4 Å². The summed E-state index contributed by atoms with van der Waals surface area (Å²) >= 11 is 5.43. The first kappa shape index (κ1) is 7.22. The van der Waals surface area contributed by atoms with Gasteiger partial charge in [0.15, 0.2) is 0 Å². The van der Waals surface area contributed by atoms with Gasteiger partial charge in [0.1, 0.15) is 5.82 Å². The van der Waals surface area contributed by atoms with Crippen molar-refractivity contribution < 1.29 is 9.18 Å². The first-order valence-electron chi connectivity index (χ1n) is 2.57. The molecule has 0 spiro atoms. The van der Waals surface area contributed by atoms with Crippen molar-refractivity contribution in [2.75, 3.05) is 0 Å². The SMILES string of the molecule is O=[C]c1ccc(F)cc1Cl. The summed E-state index contributed by atoms with van der Waals surface area (Å²) in [6.45, 7) is 0. The van der Waals surface area contributed by atoms with E-state index in [0.717, 1.165) is 12.1 Å². The van der Waals surface area contributed by atoms with Crippen molar-refractivity contribution in [2.45, 2.75) is 0 Å². The molecular weight excluding hydrogens is 155 g/mol. The Morgan fingerprint density at radius 2 is 2.20 bits per heavy atom. The second kappa shape index (κ2) is 2.80. The maximum absolute atomic E-state index is 12.3. The van der Waals surface area contributed by atoms with Crippen LogP contribution in [0.5, 0.6) is 0 Å². The van der Waals surface area contributed by atoms with Gasteiger partial charge in [0.25, 0.3) is 0 Å². The van der Waals surface area contributed by atoms with Gasteiger partial charge < -0.3 is 0 Å². The lowest BCUT2D eigenvalue weighted by molar-refractivity contribution is 0.562. The van der Waals surface area contributed by atoms with Gasteiger partial charge >= 0.3 is 0 Å². The van der Waals surface area contributed by atoms with Gasteiger partial charge in [0.05, 0.1) is 5.02 Å². The Bertz CT molecular complexity index is 260. The van der Waals surface area contributed by atoms with Crippen LogP contribution in [0.25, 0.3) is 0 Å². The van der Waals surface area contributed by atoms with E-state index in [9.17, 15) is 9.18 Å². The highest BCUT2D eigenvalue weighted by molar-refractivity contribution is 6.32. The lowest BCUT2D eigenvalue weighted by atomic mass is 10.2. The van der Waals surface area contributed by atoms with Crippen LogP contribution in [-0.4, -0.2) is 6.29 Å². The van der Waals surface area contributed by atoms with E-state index in [1.807, 2.05) is 0 Å². The Hall–Kier alpha value is -0.890. The van der Waals surface area contributed by atoms with Crippen molar-refractivity contribution in [3.8, 4) is 0 Å². The average molecular weight is 158 g/mol. The number of carbonyl (C=O) groups excluding carboxylic acids is 1. The summed E-state index contributed by atoms with van der Waals surface area (Å²) in [6.07, 6.45) is 1.57. The molecule has 1 nitrogen and oxygen atoms in total. The second-order valence-electron chi connectivity index (χ2n) is 1.73. The molecule has 0 saturated carbocycles. The molecule has 10 heavy (non-hydrogen) atoms. The van der Waals surface area contributed by atoms with Crippen LogP contribution in [0.1, 0.15) is 5.56 Å². The highest BCUT2D eigenvalue weighted by atomic mass is 35.5. The number of halogens is 2.